The maximum Gasteiger partial charge on any atom is 0.0884 e. The van der Waals surface area contributed by atoms with E-state index in [4.69, 9.17) is 0 Å². The summed E-state index contributed by atoms with van der Waals surface area (Å²) in [5.74, 6) is 0.607. The highest BCUT2D eigenvalue weighted by molar-refractivity contribution is 9.11. The van der Waals surface area contributed by atoms with Crippen LogP contribution in [-0.4, -0.2) is 5.11 Å². The molecule has 1 aromatic rings. The van der Waals surface area contributed by atoms with Crippen LogP contribution >= 0.6 is 27.3 Å². The largest absolute Gasteiger partial charge is 0.388 e. The summed E-state index contributed by atoms with van der Waals surface area (Å²) in [5, 5.41) is 9.92. The number of rotatable bonds is 5. The lowest BCUT2D eigenvalue weighted by Gasteiger charge is -2.14. The molecular formula is C11H17BrOS. The third kappa shape index (κ3) is 3.71. The molecule has 1 nitrogen and oxygen atoms in total. The highest BCUT2D eigenvalue weighted by atomic mass is 79.9. The third-order valence-corrected chi connectivity index (χ3v) is 4.05. The summed E-state index contributed by atoms with van der Waals surface area (Å²) in [7, 11) is 0. The van der Waals surface area contributed by atoms with Gasteiger partial charge in [0.1, 0.15) is 0 Å². The third-order valence-electron chi connectivity index (χ3n) is 2.33. The fourth-order valence-electron chi connectivity index (χ4n) is 1.62. The first-order valence-electron chi connectivity index (χ1n) is 5.06. The van der Waals surface area contributed by atoms with Crippen LogP contribution in [0.1, 0.15) is 44.1 Å². The van der Waals surface area contributed by atoms with Gasteiger partial charge < -0.3 is 5.11 Å². The summed E-state index contributed by atoms with van der Waals surface area (Å²) in [6.07, 6.45) is 2.99. The van der Waals surface area contributed by atoms with Gasteiger partial charge in [0.2, 0.25) is 0 Å². The average molecular weight is 277 g/mol. The van der Waals surface area contributed by atoms with Crippen LogP contribution in [0.5, 0.6) is 0 Å². The molecule has 2 unspecified atom stereocenters. The van der Waals surface area contributed by atoms with Crippen molar-refractivity contribution in [3.05, 3.63) is 20.8 Å². The Labute approximate surface area is 98.3 Å². The van der Waals surface area contributed by atoms with Crippen LogP contribution < -0.4 is 0 Å². The number of aliphatic hydroxyl groups is 1. The van der Waals surface area contributed by atoms with Gasteiger partial charge in [0.25, 0.3) is 0 Å². The second kappa shape index (κ2) is 5.89. The zero-order valence-corrected chi connectivity index (χ0v) is 11.1. The van der Waals surface area contributed by atoms with Gasteiger partial charge in [-0.15, -0.1) is 11.3 Å². The number of thiophene rings is 1. The predicted octanol–water partition coefficient (Wildman–Crippen LogP) is 4.37. The summed E-state index contributed by atoms with van der Waals surface area (Å²) in [6.45, 7) is 4.39. The Morgan fingerprint density at radius 1 is 1.50 bits per heavy atom. The Hall–Kier alpha value is 0.140. The Balaban J connectivity index is 2.45. The second-order valence-electron chi connectivity index (χ2n) is 3.79. The lowest BCUT2D eigenvalue weighted by Crippen LogP contribution is -2.02. The number of hydrogen-bond acceptors (Lipinski definition) is 2. The molecule has 0 aliphatic carbocycles. The van der Waals surface area contributed by atoms with Crippen molar-refractivity contribution < 1.29 is 5.11 Å². The van der Waals surface area contributed by atoms with Gasteiger partial charge in [0.05, 0.1) is 9.89 Å². The van der Waals surface area contributed by atoms with Crippen molar-refractivity contribution in [1.82, 2.24) is 0 Å². The topological polar surface area (TPSA) is 20.2 Å². The van der Waals surface area contributed by atoms with Gasteiger partial charge in [-0.2, -0.15) is 0 Å². The minimum atomic E-state index is -0.284. The molecule has 0 spiro atoms. The van der Waals surface area contributed by atoms with Gasteiger partial charge in [-0.05, 0) is 40.4 Å². The van der Waals surface area contributed by atoms with Gasteiger partial charge in [-0.1, -0.05) is 26.7 Å². The summed E-state index contributed by atoms with van der Waals surface area (Å²) < 4.78 is 1.09. The monoisotopic (exact) mass is 276 g/mol. The maximum absolute atomic E-state index is 9.92. The van der Waals surface area contributed by atoms with E-state index in [9.17, 15) is 5.11 Å². The Morgan fingerprint density at radius 2 is 2.21 bits per heavy atom. The Kier molecular flexibility index (Phi) is 5.13. The van der Waals surface area contributed by atoms with Gasteiger partial charge in [0, 0.05) is 4.88 Å². The predicted molar refractivity (Wildman–Crippen MR) is 65.7 cm³/mol. The lowest BCUT2D eigenvalue weighted by atomic mass is 9.98. The van der Waals surface area contributed by atoms with E-state index in [0.29, 0.717) is 5.92 Å². The van der Waals surface area contributed by atoms with Crippen LogP contribution in [-0.2, 0) is 0 Å². The van der Waals surface area contributed by atoms with E-state index in [1.54, 1.807) is 11.3 Å². The lowest BCUT2D eigenvalue weighted by molar-refractivity contribution is 0.148. The van der Waals surface area contributed by atoms with E-state index in [2.05, 4.69) is 29.8 Å². The first kappa shape index (κ1) is 12.2. The molecule has 1 heterocycles. The zero-order valence-electron chi connectivity index (χ0n) is 8.66. The standard InChI is InChI=1S/C11H17BrOS/c1-3-4-8(2)7-9(13)10-5-6-11(12)14-10/h5-6,8-9,13H,3-4,7H2,1-2H3. The molecule has 3 heteroatoms. The first-order valence-corrected chi connectivity index (χ1v) is 6.67. The molecule has 0 radical (unpaired) electrons. The van der Waals surface area contributed by atoms with Crippen LogP contribution in [0.2, 0.25) is 0 Å². The summed E-state index contributed by atoms with van der Waals surface area (Å²) in [4.78, 5) is 1.07. The number of halogens is 1. The van der Waals surface area contributed by atoms with Gasteiger partial charge in [-0.3, -0.25) is 0 Å². The SMILES string of the molecule is CCCC(C)CC(O)c1ccc(Br)s1. The van der Waals surface area contributed by atoms with Crippen molar-refractivity contribution in [2.45, 2.75) is 39.2 Å². The van der Waals surface area contributed by atoms with Crippen molar-refractivity contribution >= 4 is 27.3 Å². The van der Waals surface area contributed by atoms with E-state index in [1.807, 2.05) is 12.1 Å². The van der Waals surface area contributed by atoms with E-state index >= 15 is 0 Å². The molecule has 0 saturated heterocycles. The molecule has 0 aromatic carbocycles. The number of aliphatic hydroxyl groups excluding tert-OH is 1. The number of hydrogen-bond donors (Lipinski definition) is 1. The van der Waals surface area contributed by atoms with Crippen LogP contribution in [0, 0.1) is 5.92 Å². The Morgan fingerprint density at radius 3 is 2.71 bits per heavy atom. The molecule has 0 amide bonds. The summed E-state index contributed by atoms with van der Waals surface area (Å²) >= 11 is 5.03. The van der Waals surface area contributed by atoms with Gasteiger partial charge >= 0.3 is 0 Å². The second-order valence-corrected chi connectivity index (χ2v) is 6.28. The quantitative estimate of drug-likeness (QED) is 0.847. The maximum atomic E-state index is 9.92. The summed E-state index contributed by atoms with van der Waals surface area (Å²) in [5.41, 5.74) is 0. The van der Waals surface area contributed by atoms with Gasteiger partial charge in [-0.25, -0.2) is 0 Å². The highest BCUT2D eigenvalue weighted by Crippen LogP contribution is 2.31. The van der Waals surface area contributed by atoms with Crippen LogP contribution in [0.3, 0.4) is 0 Å². The molecule has 1 rings (SSSR count). The van der Waals surface area contributed by atoms with E-state index in [-0.39, 0.29) is 6.10 Å². The van der Waals surface area contributed by atoms with E-state index < -0.39 is 0 Å². The first-order chi connectivity index (χ1) is 6.63. The minimum Gasteiger partial charge on any atom is -0.388 e. The average Bonchev–Trinajstić information content (AvgIpc) is 2.52. The molecule has 0 aliphatic rings. The zero-order chi connectivity index (χ0) is 10.6. The molecule has 0 aliphatic heterocycles. The van der Waals surface area contributed by atoms with Crippen molar-refractivity contribution in [2.75, 3.05) is 0 Å². The molecule has 0 bridgehead atoms. The van der Waals surface area contributed by atoms with Crippen LogP contribution in [0.15, 0.2) is 15.9 Å². The Bertz CT molecular complexity index is 272. The minimum absolute atomic E-state index is 0.284. The molecule has 14 heavy (non-hydrogen) atoms. The van der Waals surface area contributed by atoms with E-state index in [1.165, 1.54) is 12.8 Å². The fraction of sp³-hybridized carbons (Fsp3) is 0.636. The smallest absolute Gasteiger partial charge is 0.0884 e. The molecule has 1 N–H and O–H groups in total. The van der Waals surface area contributed by atoms with Crippen molar-refractivity contribution in [2.24, 2.45) is 5.92 Å². The van der Waals surface area contributed by atoms with Gasteiger partial charge in [0.15, 0.2) is 0 Å². The fourth-order valence-corrected chi connectivity index (χ4v) is 3.04. The molecule has 2 atom stereocenters. The van der Waals surface area contributed by atoms with E-state index in [0.717, 1.165) is 15.1 Å². The molecule has 0 saturated carbocycles. The molecule has 0 fully saturated rings. The normalized spacial score (nSPS) is 15.4. The van der Waals surface area contributed by atoms with Crippen molar-refractivity contribution in [3.63, 3.8) is 0 Å². The molecular weight excluding hydrogens is 260 g/mol. The van der Waals surface area contributed by atoms with Crippen molar-refractivity contribution in [3.8, 4) is 0 Å². The van der Waals surface area contributed by atoms with Crippen molar-refractivity contribution in [1.29, 1.82) is 0 Å². The summed E-state index contributed by atoms with van der Waals surface area (Å²) in [6, 6.07) is 3.99. The molecule has 80 valence electrons. The molecule has 1 aromatic heterocycles. The van der Waals surface area contributed by atoms with Crippen LogP contribution in [0.25, 0.3) is 0 Å². The highest BCUT2D eigenvalue weighted by Gasteiger charge is 2.13. The van der Waals surface area contributed by atoms with Crippen LogP contribution in [0.4, 0.5) is 0 Å².